The lowest BCUT2D eigenvalue weighted by atomic mass is 9.98. The van der Waals surface area contributed by atoms with Crippen molar-refractivity contribution in [2.24, 2.45) is 0 Å². The second kappa shape index (κ2) is 4.90. The number of benzene rings is 1. The number of nitrogens with two attached hydrogens (primary N) is 1. The van der Waals surface area contributed by atoms with Gasteiger partial charge in [-0.15, -0.1) is 0 Å². The SMILES string of the molecule is CNC(c1cnccc1N)C1Cc2ccccc2O1. The number of nitrogen functional groups attached to an aromatic ring is 1. The van der Waals surface area contributed by atoms with Gasteiger partial charge < -0.3 is 15.8 Å². The topological polar surface area (TPSA) is 60.2 Å². The van der Waals surface area contributed by atoms with Crippen molar-refractivity contribution in [3.8, 4) is 5.75 Å². The van der Waals surface area contributed by atoms with E-state index in [-0.39, 0.29) is 12.1 Å². The minimum absolute atomic E-state index is 0.0427. The van der Waals surface area contributed by atoms with Crippen molar-refractivity contribution in [2.75, 3.05) is 12.8 Å². The number of anilines is 1. The standard InChI is InChI=1S/C15H17N3O/c1-17-15(11-9-18-7-6-12(11)16)14-8-10-4-2-3-5-13(10)19-14/h2-7,9,14-15,17H,8H2,1H3,(H2,16,18). The van der Waals surface area contributed by atoms with Gasteiger partial charge in [0.15, 0.2) is 0 Å². The predicted molar refractivity (Wildman–Crippen MR) is 75.0 cm³/mol. The summed E-state index contributed by atoms with van der Waals surface area (Å²) in [6, 6.07) is 10.0. The average molecular weight is 255 g/mol. The molecule has 1 aliphatic heterocycles. The summed E-state index contributed by atoms with van der Waals surface area (Å²) < 4.78 is 6.02. The first-order chi connectivity index (χ1) is 9.29. The van der Waals surface area contributed by atoms with Crippen molar-refractivity contribution in [3.05, 3.63) is 53.9 Å². The van der Waals surface area contributed by atoms with Crippen LogP contribution in [-0.2, 0) is 6.42 Å². The third kappa shape index (κ3) is 2.15. The van der Waals surface area contributed by atoms with Crippen LogP contribution in [0.4, 0.5) is 5.69 Å². The molecule has 0 saturated heterocycles. The van der Waals surface area contributed by atoms with Gasteiger partial charge in [0.25, 0.3) is 0 Å². The zero-order valence-electron chi connectivity index (χ0n) is 10.8. The van der Waals surface area contributed by atoms with Gasteiger partial charge in [0, 0.05) is 30.1 Å². The minimum atomic E-state index is 0.0427. The van der Waals surface area contributed by atoms with Gasteiger partial charge in [0.05, 0.1) is 6.04 Å². The van der Waals surface area contributed by atoms with Gasteiger partial charge in [0.1, 0.15) is 11.9 Å². The first-order valence-electron chi connectivity index (χ1n) is 6.41. The molecule has 2 heterocycles. The van der Waals surface area contributed by atoms with Gasteiger partial charge in [-0.2, -0.15) is 0 Å². The smallest absolute Gasteiger partial charge is 0.123 e. The van der Waals surface area contributed by atoms with Crippen LogP contribution in [0.25, 0.3) is 0 Å². The Balaban J connectivity index is 1.88. The van der Waals surface area contributed by atoms with E-state index >= 15 is 0 Å². The second-order valence-corrected chi connectivity index (χ2v) is 4.74. The van der Waals surface area contributed by atoms with E-state index in [2.05, 4.69) is 16.4 Å². The molecule has 98 valence electrons. The quantitative estimate of drug-likeness (QED) is 0.879. The van der Waals surface area contributed by atoms with Crippen LogP contribution in [0.3, 0.4) is 0 Å². The van der Waals surface area contributed by atoms with Gasteiger partial charge in [0.2, 0.25) is 0 Å². The van der Waals surface area contributed by atoms with Crippen molar-refractivity contribution in [1.29, 1.82) is 0 Å². The largest absolute Gasteiger partial charge is 0.488 e. The molecule has 0 spiro atoms. The molecule has 3 N–H and O–H groups in total. The van der Waals surface area contributed by atoms with E-state index in [0.29, 0.717) is 0 Å². The Hall–Kier alpha value is -2.07. The number of pyridine rings is 1. The number of fused-ring (bicyclic) bond motifs is 1. The van der Waals surface area contributed by atoms with E-state index in [1.165, 1.54) is 5.56 Å². The molecule has 2 aromatic rings. The first-order valence-corrected chi connectivity index (χ1v) is 6.41. The van der Waals surface area contributed by atoms with Crippen LogP contribution in [0.15, 0.2) is 42.7 Å². The summed E-state index contributed by atoms with van der Waals surface area (Å²) in [6.45, 7) is 0. The summed E-state index contributed by atoms with van der Waals surface area (Å²) in [4.78, 5) is 4.16. The van der Waals surface area contributed by atoms with Gasteiger partial charge in [-0.1, -0.05) is 18.2 Å². The van der Waals surface area contributed by atoms with Crippen LogP contribution in [0.1, 0.15) is 17.2 Å². The summed E-state index contributed by atoms with van der Waals surface area (Å²) >= 11 is 0. The number of hydrogen-bond acceptors (Lipinski definition) is 4. The molecule has 0 amide bonds. The highest BCUT2D eigenvalue weighted by Gasteiger charge is 2.31. The number of likely N-dealkylation sites (N-methyl/N-ethyl adjacent to an activating group) is 1. The lowest BCUT2D eigenvalue weighted by Crippen LogP contribution is -2.33. The third-order valence-electron chi connectivity index (χ3n) is 3.58. The third-order valence-corrected chi connectivity index (χ3v) is 3.58. The molecule has 0 saturated carbocycles. The van der Waals surface area contributed by atoms with Gasteiger partial charge in [-0.05, 0) is 24.7 Å². The molecule has 0 fully saturated rings. The van der Waals surface area contributed by atoms with Crippen LogP contribution in [-0.4, -0.2) is 18.1 Å². The second-order valence-electron chi connectivity index (χ2n) is 4.74. The fourth-order valence-corrected chi connectivity index (χ4v) is 2.61. The maximum Gasteiger partial charge on any atom is 0.123 e. The normalized spacial score (nSPS) is 18.7. The molecular formula is C15H17N3O. The highest BCUT2D eigenvalue weighted by atomic mass is 16.5. The first kappa shape index (κ1) is 12.0. The molecule has 4 nitrogen and oxygen atoms in total. The molecule has 4 heteroatoms. The van der Waals surface area contributed by atoms with Crippen LogP contribution in [0, 0.1) is 0 Å². The number of aromatic nitrogens is 1. The monoisotopic (exact) mass is 255 g/mol. The van der Waals surface area contributed by atoms with E-state index in [1.807, 2.05) is 37.5 Å². The van der Waals surface area contributed by atoms with Gasteiger partial charge in [-0.3, -0.25) is 4.98 Å². The lowest BCUT2D eigenvalue weighted by molar-refractivity contribution is 0.184. The summed E-state index contributed by atoms with van der Waals surface area (Å²) in [6.07, 6.45) is 4.45. The van der Waals surface area contributed by atoms with E-state index in [9.17, 15) is 0 Å². The van der Waals surface area contributed by atoms with E-state index in [0.717, 1.165) is 23.4 Å². The Kier molecular flexibility index (Phi) is 3.09. The minimum Gasteiger partial charge on any atom is -0.488 e. The van der Waals surface area contributed by atoms with Crippen LogP contribution < -0.4 is 15.8 Å². The van der Waals surface area contributed by atoms with Crippen LogP contribution in [0.2, 0.25) is 0 Å². The fraction of sp³-hybridized carbons (Fsp3) is 0.267. The molecule has 19 heavy (non-hydrogen) atoms. The summed E-state index contributed by atoms with van der Waals surface area (Å²) in [5, 5.41) is 3.29. The number of nitrogens with zero attached hydrogens (tertiary/aromatic N) is 1. The molecule has 0 aliphatic carbocycles. The summed E-state index contributed by atoms with van der Waals surface area (Å²) in [5.41, 5.74) is 9.01. The van der Waals surface area contributed by atoms with E-state index < -0.39 is 0 Å². The number of hydrogen-bond donors (Lipinski definition) is 2. The van der Waals surface area contributed by atoms with Gasteiger partial charge in [-0.25, -0.2) is 0 Å². The van der Waals surface area contributed by atoms with Gasteiger partial charge >= 0.3 is 0 Å². The Bertz CT molecular complexity index is 560. The van der Waals surface area contributed by atoms with E-state index in [1.54, 1.807) is 6.20 Å². The molecule has 0 bridgehead atoms. The maximum atomic E-state index is 6.03. The maximum absolute atomic E-state index is 6.03. The van der Waals surface area contributed by atoms with Crippen LogP contribution >= 0.6 is 0 Å². The Labute approximate surface area is 112 Å². The van der Waals surface area contributed by atoms with Crippen molar-refractivity contribution in [3.63, 3.8) is 0 Å². The van der Waals surface area contributed by atoms with E-state index in [4.69, 9.17) is 10.5 Å². The predicted octanol–water partition coefficient (Wildman–Crippen LogP) is 1.93. The molecule has 2 atom stereocenters. The van der Waals surface area contributed by atoms with Crippen LogP contribution in [0.5, 0.6) is 5.75 Å². The molecular weight excluding hydrogens is 238 g/mol. The summed E-state index contributed by atoms with van der Waals surface area (Å²) in [5.74, 6) is 0.968. The van der Waals surface area contributed by atoms with Crippen molar-refractivity contribution < 1.29 is 4.74 Å². The molecule has 2 unspecified atom stereocenters. The van der Waals surface area contributed by atoms with Crippen molar-refractivity contribution in [2.45, 2.75) is 18.6 Å². The molecule has 1 aromatic carbocycles. The Morgan fingerprint density at radius 2 is 2.21 bits per heavy atom. The Morgan fingerprint density at radius 3 is 2.95 bits per heavy atom. The molecule has 1 aliphatic rings. The zero-order valence-corrected chi connectivity index (χ0v) is 10.8. The average Bonchev–Trinajstić information content (AvgIpc) is 2.85. The van der Waals surface area contributed by atoms with Crippen molar-refractivity contribution in [1.82, 2.24) is 10.3 Å². The van der Waals surface area contributed by atoms with Crippen molar-refractivity contribution >= 4 is 5.69 Å². The number of nitrogens with one attached hydrogen (secondary N) is 1. The Morgan fingerprint density at radius 1 is 1.37 bits per heavy atom. The number of para-hydroxylation sites is 1. The summed E-state index contributed by atoms with van der Waals surface area (Å²) in [7, 11) is 1.92. The number of rotatable bonds is 3. The number of ether oxygens (including phenoxy) is 1. The zero-order chi connectivity index (χ0) is 13.2. The molecule has 1 aromatic heterocycles. The highest BCUT2D eigenvalue weighted by molar-refractivity contribution is 5.48. The molecule has 0 radical (unpaired) electrons. The lowest BCUT2D eigenvalue weighted by Gasteiger charge is -2.24. The fourth-order valence-electron chi connectivity index (χ4n) is 2.61. The molecule has 3 rings (SSSR count). The highest BCUT2D eigenvalue weighted by Crippen LogP contribution is 2.35.